The summed E-state index contributed by atoms with van der Waals surface area (Å²) in [6.07, 6.45) is 6.55. The summed E-state index contributed by atoms with van der Waals surface area (Å²) in [5, 5.41) is 3.42. The lowest BCUT2D eigenvalue weighted by atomic mass is 10.2. The summed E-state index contributed by atoms with van der Waals surface area (Å²) in [5.41, 5.74) is 1.42. The minimum atomic E-state index is 1.15. The smallest absolute Gasteiger partial charge is 0.0107 e. The molecule has 0 aromatic carbocycles. The quantitative estimate of drug-likeness (QED) is 0.746. The van der Waals surface area contributed by atoms with Gasteiger partial charge in [0, 0.05) is 32.0 Å². The van der Waals surface area contributed by atoms with E-state index in [4.69, 9.17) is 0 Å². The van der Waals surface area contributed by atoms with Gasteiger partial charge in [-0.3, -0.25) is 0 Å². The molecule has 14 heavy (non-hydrogen) atoms. The molecule has 0 bridgehead atoms. The Kier molecular flexibility index (Phi) is 3.60. The van der Waals surface area contributed by atoms with Crippen molar-refractivity contribution in [3.63, 3.8) is 0 Å². The van der Waals surface area contributed by atoms with E-state index >= 15 is 0 Å². The van der Waals surface area contributed by atoms with Gasteiger partial charge in [-0.25, -0.2) is 0 Å². The second kappa shape index (κ2) is 5.17. The molecular weight excluding hydrogens is 174 g/mol. The van der Waals surface area contributed by atoms with Gasteiger partial charge in [0.1, 0.15) is 0 Å². The molecule has 0 aliphatic carbocycles. The number of hydrogen-bond donors (Lipinski definition) is 2. The van der Waals surface area contributed by atoms with Gasteiger partial charge in [-0.1, -0.05) is 0 Å². The third-order valence-corrected chi connectivity index (χ3v) is 2.81. The fourth-order valence-electron chi connectivity index (χ4n) is 1.93. The first-order valence-electron chi connectivity index (χ1n) is 5.50. The Morgan fingerprint density at radius 1 is 1.29 bits per heavy atom. The van der Waals surface area contributed by atoms with E-state index in [1.807, 2.05) is 6.20 Å². The molecule has 2 rings (SSSR count). The molecule has 1 aromatic heterocycles. The molecule has 0 spiro atoms. The monoisotopic (exact) mass is 193 g/mol. The van der Waals surface area contributed by atoms with Crippen molar-refractivity contribution < 1.29 is 0 Å². The average molecular weight is 193 g/mol. The van der Waals surface area contributed by atoms with Crippen LogP contribution in [0.5, 0.6) is 0 Å². The molecule has 0 unspecified atom stereocenters. The summed E-state index contributed by atoms with van der Waals surface area (Å²) in [7, 11) is 0. The number of H-pyrrole nitrogens is 1. The van der Waals surface area contributed by atoms with Crippen molar-refractivity contribution in [3.05, 3.63) is 24.0 Å². The molecule has 2 heterocycles. The highest BCUT2D eigenvalue weighted by molar-refractivity contribution is 5.08. The summed E-state index contributed by atoms with van der Waals surface area (Å²) in [6.45, 7) is 5.97. The Morgan fingerprint density at radius 2 is 2.29 bits per heavy atom. The van der Waals surface area contributed by atoms with Crippen LogP contribution < -0.4 is 5.32 Å². The zero-order valence-electron chi connectivity index (χ0n) is 8.63. The Morgan fingerprint density at radius 3 is 3.14 bits per heavy atom. The van der Waals surface area contributed by atoms with Crippen LogP contribution in [0.25, 0.3) is 0 Å². The molecule has 2 N–H and O–H groups in total. The number of rotatable bonds is 3. The zero-order valence-corrected chi connectivity index (χ0v) is 8.63. The molecule has 0 amide bonds. The molecule has 0 saturated carbocycles. The minimum absolute atomic E-state index is 1.15. The first-order chi connectivity index (χ1) is 6.95. The molecule has 1 aromatic rings. The Hall–Kier alpha value is -0.800. The zero-order chi connectivity index (χ0) is 9.64. The summed E-state index contributed by atoms with van der Waals surface area (Å²) < 4.78 is 0. The summed E-state index contributed by atoms with van der Waals surface area (Å²) >= 11 is 0. The van der Waals surface area contributed by atoms with E-state index in [2.05, 4.69) is 27.5 Å². The van der Waals surface area contributed by atoms with Crippen molar-refractivity contribution in [2.24, 2.45) is 0 Å². The van der Waals surface area contributed by atoms with Gasteiger partial charge >= 0.3 is 0 Å². The number of nitrogens with zero attached hydrogens (tertiary/aromatic N) is 1. The van der Waals surface area contributed by atoms with Gasteiger partial charge in [-0.2, -0.15) is 0 Å². The summed E-state index contributed by atoms with van der Waals surface area (Å²) in [5.74, 6) is 0. The SMILES string of the molecule is c1cc(CCN2CCCNCC2)c[nH]1. The average Bonchev–Trinajstić information content (AvgIpc) is 2.58. The van der Waals surface area contributed by atoms with Crippen molar-refractivity contribution in [1.82, 2.24) is 15.2 Å². The molecule has 3 nitrogen and oxygen atoms in total. The maximum Gasteiger partial charge on any atom is 0.0107 e. The molecular formula is C11H19N3. The van der Waals surface area contributed by atoms with Crippen LogP contribution in [-0.4, -0.2) is 42.6 Å². The standard InChI is InChI=1S/C11H19N3/c1-4-12-6-9-14(7-1)8-3-11-2-5-13-10-11/h2,5,10,12-13H,1,3-4,6-9H2. The van der Waals surface area contributed by atoms with Gasteiger partial charge in [-0.05, 0) is 37.6 Å². The fourth-order valence-corrected chi connectivity index (χ4v) is 1.93. The van der Waals surface area contributed by atoms with Crippen LogP contribution in [0.3, 0.4) is 0 Å². The molecule has 1 aliphatic rings. The Bertz CT molecular complexity index is 235. The van der Waals surface area contributed by atoms with Crippen LogP contribution in [0.4, 0.5) is 0 Å². The van der Waals surface area contributed by atoms with Crippen LogP contribution >= 0.6 is 0 Å². The molecule has 1 saturated heterocycles. The van der Waals surface area contributed by atoms with E-state index in [1.54, 1.807) is 0 Å². The molecule has 0 atom stereocenters. The van der Waals surface area contributed by atoms with Gasteiger partial charge in [0.15, 0.2) is 0 Å². The van der Waals surface area contributed by atoms with E-state index in [-0.39, 0.29) is 0 Å². The van der Waals surface area contributed by atoms with Crippen molar-refractivity contribution >= 4 is 0 Å². The first kappa shape index (κ1) is 9.74. The van der Waals surface area contributed by atoms with Crippen molar-refractivity contribution in [2.45, 2.75) is 12.8 Å². The number of aromatic nitrogens is 1. The number of aromatic amines is 1. The highest BCUT2D eigenvalue weighted by Gasteiger charge is 2.07. The van der Waals surface area contributed by atoms with E-state index in [1.165, 1.54) is 44.6 Å². The Balaban J connectivity index is 1.73. The van der Waals surface area contributed by atoms with Gasteiger partial charge in [0.05, 0.1) is 0 Å². The van der Waals surface area contributed by atoms with Crippen molar-refractivity contribution in [2.75, 3.05) is 32.7 Å². The van der Waals surface area contributed by atoms with Gasteiger partial charge in [0.25, 0.3) is 0 Å². The molecule has 1 fully saturated rings. The normalized spacial score (nSPS) is 19.4. The van der Waals surface area contributed by atoms with Crippen LogP contribution in [0.2, 0.25) is 0 Å². The van der Waals surface area contributed by atoms with E-state index < -0.39 is 0 Å². The van der Waals surface area contributed by atoms with Crippen molar-refractivity contribution in [1.29, 1.82) is 0 Å². The van der Waals surface area contributed by atoms with Crippen LogP contribution in [0.1, 0.15) is 12.0 Å². The van der Waals surface area contributed by atoms with E-state index in [9.17, 15) is 0 Å². The van der Waals surface area contributed by atoms with Gasteiger partial charge in [-0.15, -0.1) is 0 Å². The third kappa shape index (κ3) is 2.86. The molecule has 3 heteroatoms. The second-order valence-electron chi connectivity index (χ2n) is 3.91. The second-order valence-corrected chi connectivity index (χ2v) is 3.91. The van der Waals surface area contributed by atoms with Crippen molar-refractivity contribution in [3.8, 4) is 0 Å². The fraction of sp³-hybridized carbons (Fsp3) is 0.636. The number of nitrogens with one attached hydrogen (secondary N) is 2. The van der Waals surface area contributed by atoms with E-state index in [0.717, 1.165) is 6.54 Å². The highest BCUT2D eigenvalue weighted by atomic mass is 15.1. The lowest BCUT2D eigenvalue weighted by Crippen LogP contribution is -2.29. The van der Waals surface area contributed by atoms with Gasteiger partial charge < -0.3 is 15.2 Å². The lowest BCUT2D eigenvalue weighted by Gasteiger charge is -2.18. The predicted octanol–water partition coefficient (Wildman–Crippen LogP) is 0.852. The first-order valence-corrected chi connectivity index (χ1v) is 5.50. The van der Waals surface area contributed by atoms with Crippen LogP contribution in [0.15, 0.2) is 18.5 Å². The maximum absolute atomic E-state index is 3.42. The summed E-state index contributed by atoms with van der Waals surface area (Å²) in [4.78, 5) is 5.65. The van der Waals surface area contributed by atoms with Crippen LogP contribution in [0, 0.1) is 0 Å². The summed E-state index contributed by atoms with van der Waals surface area (Å²) in [6, 6.07) is 2.16. The van der Waals surface area contributed by atoms with Crippen LogP contribution in [-0.2, 0) is 6.42 Å². The lowest BCUT2D eigenvalue weighted by molar-refractivity contribution is 0.296. The van der Waals surface area contributed by atoms with Gasteiger partial charge in [0.2, 0.25) is 0 Å². The Labute approximate surface area is 85.5 Å². The minimum Gasteiger partial charge on any atom is -0.367 e. The molecule has 0 radical (unpaired) electrons. The van der Waals surface area contributed by atoms with E-state index in [0.29, 0.717) is 0 Å². The molecule has 1 aliphatic heterocycles. The topological polar surface area (TPSA) is 31.1 Å². The largest absolute Gasteiger partial charge is 0.367 e. The third-order valence-electron chi connectivity index (χ3n) is 2.81. The maximum atomic E-state index is 3.42. The molecule has 78 valence electrons. The predicted molar refractivity (Wildman–Crippen MR) is 58.4 cm³/mol. The number of hydrogen-bond acceptors (Lipinski definition) is 2. The highest BCUT2D eigenvalue weighted by Crippen LogP contribution is 2.01.